The first-order valence-electron chi connectivity index (χ1n) is 5.97. The van der Waals surface area contributed by atoms with Crippen LogP contribution in [0.1, 0.15) is 16.1 Å². The van der Waals surface area contributed by atoms with E-state index >= 15 is 0 Å². The van der Waals surface area contributed by atoms with E-state index in [2.05, 4.69) is 15.7 Å². The summed E-state index contributed by atoms with van der Waals surface area (Å²) in [6, 6.07) is 3.29. The Morgan fingerprint density at radius 1 is 1.37 bits per heavy atom. The van der Waals surface area contributed by atoms with Gasteiger partial charge in [0.1, 0.15) is 5.82 Å². The summed E-state index contributed by atoms with van der Waals surface area (Å²) >= 11 is 0. The molecular formula is C12H20N4O3. The zero-order chi connectivity index (χ0) is 14.1. The van der Waals surface area contributed by atoms with Crippen molar-refractivity contribution in [2.24, 2.45) is 5.84 Å². The smallest absolute Gasteiger partial charge is 0.251 e. The molecule has 106 valence electrons. The van der Waals surface area contributed by atoms with Crippen LogP contribution in [0, 0.1) is 6.92 Å². The molecular weight excluding hydrogens is 248 g/mol. The van der Waals surface area contributed by atoms with Crippen molar-refractivity contribution >= 4 is 11.7 Å². The molecule has 4 N–H and O–H groups in total. The van der Waals surface area contributed by atoms with E-state index in [4.69, 9.17) is 15.3 Å². The van der Waals surface area contributed by atoms with Crippen LogP contribution in [0.25, 0.3) is 0 Å². The van der Waals surface area contributed by atoms with Gasteiger partial charge < -0.3 is 20.2 Å². The molecule has 0 saturated heterocycles. The normalized spacial score (nSPS) is 10.3. The first kappa shape index (κ1) is 15.4. The van der Waals surface area contributed by atoms with Gasteiger partial charge in [0.2, 0.25) is 0 Å². The Kier molecular flexibility index (Phi) is 6.80. The third kappa shape index (κ3) is 5.64. The van der Waals surface area contributed by atoms with Gasteiger partial charge in [-0.3, -0.25) is 4.79 Å². The van der Waals surface area contributed by atoms with Crippen LogP contribution in [0.15, 0.2) is 12.1 Å². The lowest BCUT2D eigenvalue weighted by molar-refractivity contribution is 0.0692. The number of nitrogens with zero attached hydrogens (tertiary/aromatic N) is 1. The molecule has 1 aromatic rings. The number of carbonyl (C=O) groups is 1. The third-order valence-electron chi connectivity index (χ3n) is 2.33. The maximum absolute atomic E-state index is 11.9. The Labute approximate surface area is 112 Å². The lowest BCUT2D eigenvalue weighted by Gasteiger charge is -2.08. The molecule has 0 saturated carbocycles. The van der Waals surface area contributed by atoms with Crippen LogP contribution in [0.5, 0.6) is 0 Å². The average molecular weight is 268 g/mol. The van der Waals surface area contributed by atoms with Crippen molar-refractivity contribution < 1.29 is 14.3 Å². The zero-order valence-corrected chi connectivity index (χ0v) is 11.2. The van der Waals surface area contributed by atoms with Gasteiger partial charge in [-0.05, 0) is 19.1 Å². The summed E-state index contributed by atoms with van der Waals surface area (Å²) in [5, 5.41) is 2.75. The van der Waals surface area contributed by atoms with Crippen LogP contribution in [-0.4, -0.2) is 44.4 Å². The van der Waals surface area contributed by atoms with Gasteiger partial charge in [0.25, 0.3) is 5.91 Å². The van der Waals surface area contributed by atoms with Crippen LogP contribution in [0.3, 0.4) is 0 Å². The van der Waals surface area contributed by atoms with Crippen molar-refractivity contribution in [1.29, 1.82) is 0 Å². The monoisotopic (exact) mass is 268 g/mol. The number of aryl methyl sites for hydroxylation is 1. The van der Waals surface area contributed by atoms with Crippen LogP contribution >= 0.6 is 0 Å². The molecule has 0 aromatic carbocycles. The van der Waals surface area contributed by atoms with Gasteiger partial charge in [-0.25, -0.2) is 10.8 Å². The van der Waals surface area contributed by atoms with E-state index in [9.17, 15) is 4.79 Å². The minimum atomic E-state index is -0.183. The molecule has 0 aliphatic rings. The number of anilines is 1. The second-order valence-electron chi connectivity index (χ2n) is 3.89. The summed E-state index contributed by atoms with van der Waals surface area (Å²) in [5.41, 5.74) is 3.65. The summed E-state index contributed by atoms with van der Waals surface area (Å²) in [6.45, 7) is 3.74. The number of nitrogens with two attached hydrogens (primary N) is 1. The first-order chi connectivity index (χ1) is 9.17. The number of hydrogen-bond acceptors (Lipinski definition) is 6. The molecule has 1 heterocycles. The fraction of sp³-hybridized carbons (Fsp3) is 0.500. The number of nitrogen functional groups attached to an aromatic ring is 1. The minimum Gasteiger partial charge on any atom is -0.382 e. The maximum Gasteiger partial charge on any atom is 0.251 e. The molecule has 0 spiro atoms. The van der Waals surface area contributed by atoms with Crippen molar-refractivity contribution in [3.05, 3.63) is 23.4 Å². The van der Waals surface area contributed by atoms with E-state index in [1.807, 2.05) is 0 Å². The highest BCUT2D eigenvalue weighted by molar-refractivity contribution is 5.94. The Hall–Kier alpha value is -1.70. The van der Waals surface area contributed by atoms with Crippen LogP contribution in [-0.2, 0) is 9.47 Å². The molecule has 7 heteroatoms. The molecule has 0 radical (unpaired) electrons. The number of pyridine rings is 1. The van der Waals surface area contributed by atoms with Crippen LogP contribution in [0.2, 0.25) is 0 Å². The highest BCUT2D eigenvalue weighted by atomic mass is 16.5. The standard InChI is InChI=1S/C12H20N4O3/c1-9-7-10(8-11(15-9)16-13)12(17)14-3-4-19-6-5-18-2/h7-8H,3-6,13H2,1-2H3,(H,14,17)(H,15,16). The molecule has 0 fully saturated rings. The van der Waals surface area contributed by atoms with Gasteiger partial charge in [-0.15, -0.1) is 0 Å². The lowest BCUT2D eigenvalue weighted by Crippen LogP contribution is -2.28. The largest absolute Gasteiger partial charge is 0.382 e. The van der Waals surface area contributed by atoms with E-state index in [1.165, 1.54) is 0 Å². The molecule has 0 aliphatic carbocycles. The van der Waals surface area contributed by atoms with E-state index in [1.54, 1.807) is 26.2 Å². The van der Waals surface area contributed by atoms with E-state index in [0.29, 0.717) is 37.7 Å². The average Bonchev–Trinajstić information content (AvgIpc) is 2.41. The number of amides is 1. The number of ether oxygens (including phenoxy) is 2. The van der Waals surface area contributed by atoms with Crippen molar-refractivity contribution in [2.45, 2.75) is 6.92 Å². The van der Waals surface area contributed by atoms with Gasteiger partial charge in [0.15, 0.2) is 0 Å². The van der Waals surface area contributed by atoms with Gasteiger partial charge in [-0.2, -0.15) is 0 Å². The molecule has 19 heavy (non-hydrogen) atoms. The van der Waals surface area contributed by atoms with E-state index in [0.717, 1.165) is 5.69 Å². The number of methoxy groups -OCH3 is 1. The number of carbonyl (C=O) groups excluding carboxylic acids is 1. The summed E-state index contributed by atoms with van der Waals surface area (Å²) in [5.74, 6) is 5.56. The molecule has 0 bridgehead atoms. The van der Waals surface area contributed by atoms with Crippen molar-refractivity contribution in [3.8, 4) is 0 Å². The zero-order valence-electron chi connectivity index (χ0n) is 11.2. The fourth-order valence-corrected chi connectivity index (χ4v) is 1.46. The summed E-state index contributed by atoms with van der Waals surface area (Å²) in [7, 11) is 1.61. The highest BCUT2D eigenvalue weighted by Crippen LogP contribution is 2.08. The van der Waals surface area contributed by atoms with Gasteiger partial charge in [0.05, 0.1) is 19.8 Å². The second-order valence-corrected chi connectivity index (χ2v) is 3.89. The van der Waals surface area contributed by atoms with Gasteiger partial charge in [-0.1, -0.05) is 0 Å². The van der Waals surface area contributed by atoms with Gasteiger partial charge >= 0.3 is 0 Å². The molecule has 1 rings (SSSR count). The summed E-state index contributed by atoms with van der Waals surface area (Å²) < 4.78 is 10.1. The van der Waals surface area contributed by atoms with Gasteiger partial charge in [0, 0.05) is 24.9 Å². The Bertz CT molecular complexity index is 412. The lowest BCUT2D eigenvalue weighted by atomic mass is 10.2. The topological polar surface area (TPSA) is 98.5 Å². The number of hydrazine groups is 1. The molecule has 7 nitrogen and oxygen atoms in total. The van der Waals surface area contributed by atoms with E-state index in [-0.39, 0.29) is 5.91 Å². The number of nitrogens with one attached hydrogen (secondary N) is 2. The second kappa shape index (κ2) is 8.41. The number of hydrogen-bond donors (Lipinski definition) is 3. The Morgan fingerprint density at radius 3 is 2.84 bits per heavy atom. The minimum absolute atomic E-state index is 0.183. The van der Waals surface area contributed by atoms with Crippen LogP contribution < -0.4 is 16.6 Å². The van der Waals surface area contributed by atoms with Crippen molar-refractivity contribution in [1.82, 2.24) is 10.3 Å². The van der Waals surface area contributed by atoms with Crippen molar-refractivity contribution in [3.63, 3.8) is 0 Å². The Balaban J connectivity index is 2.39. The summed E-state index contributed by atoms with van der Waals surface area (Å²) in [6.07, 6.45) is 0. The number of rotatable bonds is 8. The maximum atomic E-state index is 11.9. The predicted octanol–water partition coefficient (Wildman–Crippen LogP) is 0.0684. The first-order valence-corrected chi connectivity index (χ1v) is 5.97. The van der Waals surface area contributed by atoms with Crippen molar-refractivity contribution in [2.75, 3.05) is 38.9 Å². The molecule has 1 amide bonds. The summed E-state index contributed by atoms with van der Waals surface area (Å²) in [4.78, 5) is 16.0. The van der Waals surface area contributed by atoms with Crippen LogP contribution in [0.4, 0.5) is 5.82 Å². The molecule has 0 unspecified atom stereocenters. The third-order valence-corrected chi connectivity index (χ3v) is 2.33. The SMILES string of the molecule is COCCOCCNC(=O)c1cc(C)nc(NN)c1. The van der Waals surface area contributed by atoms with E-state index < -0.39 is 0 Å². The molecule has 0 atom stereocenters. The molecule has 0 aliphatic heterocycles. The Morgan fingerprint density at radius 2 is 2.16 bits per heavy atom. The quantitative estimate of drug-likeness (QED) is 0.350. The number of aromatic nitrogens is 1. The highest BCUT2D eigenvalue weighted by Gasteiger charge is 2.07. The predicted molar refractivity (Wildman–Crippen MR) is 71.8 cm³/mol. The fourth-order valence-electron chi connectivity index (χ4n) is 1.46. The molecule has 1 aromatic heterocycles.